The summed E-state index contributed by atoms with van der Waals surface area (Å²) in [7, 11) is 1.63. The highest BCUT2D eigenvalue weighted by atomic mass is 35.5. The Kier molecular flexibility index (Phi) is 5.74. The molecule has 0 bridgehead atoms. The lowest BCUT2D eigenvalue weighted by atomic mass is 9.82. The molecule has 1 rings (SSSR count). The maximum Gasteiger partial charge on any atom is 0.145 e. The van der Waals surface area contributed by atoms with E-state index in [1.807, 2.05) is 0 Å². The summed E-state index contributed by atoms with van der Waals surface area (Å²) in [6.07, 6.45) is 0.273. The van der Waals surface area contributed by atoms with Gasteiger partial charge in [0.15, 0.2) is 0 Å². The summed E-state index contributed by atoms with van der Waals surface area (Å²) in [5, 5.41) is 0.123. The van der Waals surface area contributed by atoms with Crippen molar-refractivity contribution in [3.05, 3.63) is 34.6 Å². The highest BCUT2D eigenvalue weighted by molar-refractivity contribution is 6.30. The molecule has 0 aliphatic carbocycles. The Morgan fingerprint density at radius 3 is 2.53 bits per heavy atom. The molecule has 0 fully saturated rings. The second-order valence-electron chi connectivity index (χ2n) is 5.71. The number of benzene rings is 1. The first-order chi connectivity index (χ1) is 8.81. The first-order valence-electron chi connectivity index (χ1n) is 6.23. The topological polar surface area (TPSA) is 47.3 Å². The molecule has 0 radical (unpaired) electrons. The van der Waals surface area contributed by atoms with Gasteiger partial charge >= 0.3 is 0 Å². The Labute approximate surface area is 119 Å². The van der Waals surface area contributed by atoms with E-state index in [2.05, 4.69) is 26.2 Å². The van der Waals surface area contributed by atoms with Crippen LogP contribution in [0.3, 0.4) is 0 Å². The molecule has 5 heteroatoms. The summed E-state index contributed by atoms with van der Waals surface area (Å²) in [5.74, 6) is 5.20. The minimum atomic E-state index is -0.395. The van der Waals surface area contributed by atoms with Gasteiger partial charge in [-0.1, -0.05) is 44.5 Å². The molecule has 0 heterocycles. The fourth-order valence-electron chi connectivity index (χ4n) is 2.32. The highest BCUT2D eigenvalue weighted by Gasteiger charge is 2.32. The molecule has 1 aromatic rings. The third kappa shape index (κ3) is 4.14. The van der Waals surface area contributed by atoms with Crippen molar-refractivity contribution in [3.8, 4) is 0 Å². The van der Waals surface area contributed by atoms with Crippen molar-refractivity contribution in [1.29, 1.82) is 0 Å². The molecule has 2 unspecified atom stereocenters. The molecular weight excluding hydrogens is 267 g/mol. The summed E-state index contributed by atoms with van der Waals surface area (Å²) in [6, 6.07) is 4.77. The van der Waals surface area contributed by atoms with E-state index < -0.39 is 5.82 Å². The number of nitrogens with one attached hydrogen (secondary N) is 1. The lowest BCUT2D eigenvalue weighted by Crippen LogP contribution is -2.51. The van der Waals surface area contributed by atoms with E-state index in [0.29, 0.717) is 12.0 Å². The molecule has 0 aromatic heterocycles. The fraction of sp³-hybridized carbons (Fsp3) is 0.571. The van der Waals surface area contributed by atoms with Crippen LogP contribution in [0.15, 0.2) is 18.2 Å². The predicted molar refractivity (Wildman–Crippen MR) is 76.5 cm³/mol. The molecule has 0 saturated carbocycles. The van der Waals surface area contributed by atoms with E-state index in [1.165, 1.54) is 6.07 Å². The Hall–Kier alpha value is -0.680. The summed E-state index contributed by atoms with van der Waals surface area (Å²) >= 11 is 5.79. The highest BCUT2D eigenvalue weighted by Crippen LogP contribution is 2.27. The van der Waals surface area contributed by atoms with E-state index in [1.54, 1.807) is 19.2 Å². The zero-order valence-corrected chi connectivity index (χ0v) is 12.6. The number of hydrogen-bond donors (Lipinski definition) is 2. The Bertz CT molecular complexity index is 420. The van der Waals surface area contributed by atoms with Crippen molar-refractivity contribution in [2.75, 3.05) is 7.11 Å². The van der Waals surface area contributed by atoms with Gasteiger partial charge < -0.3 is 4.74 Å². The first kappa shape index (κ1) is 16.4. The summed E-state index contributed by atoms with van der Waals surface area (Å²) < 4.78 is 19.4. The molecule has 3 N–H and O–H groups in total. The van der Waals surface area contributed by atoms with Crippen LogP contribution >= 0.6 is 11.6 Å². The molecule has 3 nitrogen and oxygen atoms in total. The van der Waals surface area contributed by atoms with Crippen molar-refractivity contribution in [2.45, 2.75) is 39.3 Å². The molecule has 2 atom stereocenters. The first-order valence-corrected chi connectivity index (χ1v) is 6.61. The predicted octanol–water partition coefficient (Wildman–Crippen LogP) is 2.91. The molecular formula is C14H22ClFN2O. The summed E-state index contributed by atoms with van der Waals surface area (Å²) in [5.41, 5.74) is 3.14. The quantitative estimate of drug-likeness (QED) is 0.647. The van der Waals surface area contributed by atoms with Crippen molar-refractivity contribution < 1.29 is 9.13 Å². The monoisotopic (exact) mass is 288 g/mol. The SMILES string of the molecule is COC(C(Cc1cccc(Cl)c1F)NN)C(C)(C)C. The smallest absolute Gasteiger partial charge is 0.145 e. The van der Waals surface area contributed by atoms with Gasteiger partial charge in [0.1, 0.15) is 5.82 Å². The number of nitrogens with two attached hydrogens (primary N) is 1. The maximum atomic E-state index is 13.9. The lowest BCUT2D eigenvalue weighted by molar-refractivity contribution is -0.0112. The van der Waals surface area contributed by atoms with Crippen LogP contribution in [0.2, 0.25) is 5.02 Å². The standard InChI is InChI=1S/C14H22ClFN2O/c1-14(2,3)13(19-4)11(18-17)8-9-6-5-7-10(15)12(9)16/h5-7,11,13,18H,8,17H2,1-4H3. The van der Waals surface area contributed by atoms with Crippen LogP contribution in [0.5, 0.6) is 0 Å². The van der Waals surface area contributed by atoms with Crippen molar-refractivity contribution in [2.24, 2.45) is 11.3 Å². The van der Waals surface area contributed by atoms with Crippen molar-refractivity contribution >= 4 is 11.6 Å². The van der Waals surface area contributed by atoms with Gasteiger partial charge in [0.2, 0.25) is 0 Å². The van der Waals surface area contributed by atoms with Gasteiger partial charge in [0.25, 0.3) is 0 Å². The third-order valence-corrected chi connectivity index (χ3v) is 3.45. The van der Waals surface area contributed by atoms with Gasteiger partial charge in [-0.25, -0.2) is 4.39 Å². The zero-order chi connectivity index (χ0) is 14.6. The van der Waals surface area contributed by atoms with Crippen LogP contribution in [0.4, 0.5) is 4.39 Å². The lowest BCUT2D eigenvalue weighted by Gasteiger charge is -2.35. The van der Waals surface area contributed by atoms with E-state index >= 15 is 0 Å². The van der Waals surface area contributed by atoms with Crippen LogP contribution < -0.4 is 11.3 Å². The molecule has 0 spiro atoms. The number of rotatable bonds is 5. The second kappa shape index (κ2) is 6.66. The second-order valence-corrected chi connectivity index (χ2v) is 6.12. The normalized spacial score (nSPS) is 15.3. The largest absolute Gasteiger partial charge is 0.379 e. The molecule has 19 heavy (non-hydrogen) atoms. The van der Waals surface area contributed by atoms with E-state index in [0.717, 1.165) is 0 Å². The minimum Gasteiger partial charge on any atom is -0.379 e. The minimum absolute atomic E-state index is 0.110. The van der Waals surface area contributed by atoms with Gasteiger partial charge in [0, 0.05) is 7.11 Å². The van der Waals surface area contributed by atoms with Gasteiger partial charge in [-0.15, -0.1) is 0 Å². The van der Waals surface area contributed by atoms with Gasteiger partial charge in [-0.05, 0) is 23.5 Å². The molecule has 0 saturated heterocycles. The zero-order valence-electron chi connectivity index (χ0n) is 11.8. The molecule has 0 aliphatic rings. The Balaban J connectivity index is 2.96. The van der Waals surface area contributed by atoms with Gasteiger partial charge in [-0.3, -0.25) is 11.3 Å². The van der Waals surface area contributed by atoms with E-state index in [4.69, 9.17) is 22.2 Å². The molecule has 0 amide bonds. The number of methoxy groups -OCH3 is 1. The number of ether oxygens (including phenoxy) is 1. The Morgan fingerprint density at radius 2 is 2.05 bits per heavy atom. The van der Waals surface area contributed by atoms with Crippen LogP contribution in [-0.4, -0.2) is 19.3 Å². The number of halogens is 2. The summed E-state index contributed by atoms with van der Waals surface area (Å²) in [6.45, 7) is 6.17. The number of hydrazine groups is 1. The molecule has 108 valence electrons. The maximum absolute atomic E-state index is 13.9. The third-order valence-electron chi connectivity index (χ3n) is 3.16. The average molecular weight is 289 g/mol. The average Bonchev–Trinajstić information content (AvgIpc) is 2.32. The summed E-state index contributed by atoms with van der Waals surface area (Å²) in [4.78, 5) is 0. The van der Waals surface area contributed by atoms with E-state index in [9.17, 15) is 4.39 Å². The van der Waals surface area contributed by atoms with Crippen molar-refractivity contribution in [1.82, 2.24) is 5.43 Å². The van der Waals surface area contributed by atoms with E-state index in [-0.39, 0.29) is 22.6 Å². The molecule has 1 aromatic carbocycles. The van der Waals surface area contributed by atoms with Gasteiger partial charge in [0.05, 0.1) is 17.2 Å². The van der Waals surface area contributed by atoms with Gasteiger partial charge in [-0.2, -0.15) is 0 Å². The molecule has 0 aliphatic heterocycles. The fourth-order valence-corrected chi connectivity index (χ4v) is 2.51. The van der Waals surface area contributed by atoms with Crippen LogP contribution in [0, 0.1) is 11.2 Å². The Morgan fingerprint density at radius 1 is 1.42 bits per heavy atom. The number of hydrogen-bond acceptors (Lipinski definition) is 3. The van der Waals surface area contributed by atoms with Crippen LogP contribution in [0.1, 0.15) is 26.3 Å². The van der Waals surface area contributed by atoms with Crippen LogP contribution in [0.25, 0.3) is 0 Å². The van der Waals surface area contributed by atoms with Crippen molar-refractivity contribution in [3.63, 3.8) is 0 Å². The van der Waals surface area contributed by atoms with Crippen LogP contribution in [-0.2, 0) is 11.2 Å².